The van der Waals surface area contributed by atoms with Crippen molar-refractivity contribution in [3.05, 3.63) is 46.5 Å². The fraction of sp³-hybridized carbons (Fsp3) is 0.467. The first-order valence-electron chi connectivity index (χ1n) is 6.06. The van der Waals surface area contributed by atoms with Crippen molar-refractivity contribution in [3.8, 4) is 0 Å². The minimum absolute atomic E-state index is 0.450. The van der Waals surface area contributed by atoms with Crippen molar-refractivity contribution in [3.63, 3.8) is 0 Å². The molecule has 0 spiro atoms. The summed E-state index contributed by atoms with van der Waals surface area (Å²) < 4.78 is 0. The second kappa shape index (κ2) is 5.99. The third kappa shape index (κ3) is 3.18. The van der Waals surface area contributed by atoms with Crippen LogP contribution in [0.3, 0.4) is 0 Å². The molecule has 0 fully saturated rings. The van der Waals surface area contributed by atoms with Gasteiger partial charge in [-0.05, 0) is 55.5 Å². The van der Waals surface area contributed by atoms with E-state index >= 15 is 0 Å². The lowest BCUT2D eigenvalue weighted by atomic mass is 9.91. The predicted molar refractivity (Wildman–Crippen MR) is 73.4 cm³/mol. The summed E-state index contributed by atoms with van der Waals surface area (Å²) in [5.74, 6) is 0. The normalized spacial score (nSPS) is 12.5. The maximum Gasteiger partial charge on any atom is 0.0919 e. The third-order valence-electron chi connectivity index (χ3n) is 3.38. The molecule has 0 amide bonds. The Labute approximate surface area is 104 Å². The van der Waals surface area contributed by atoms with Crippen molar-refractivity contribution in [2.75, 3.05) is 13.1 Å². The lowest BCUT2D eigenvalue weighted by Crippen LogP contribution is -2.23. The third-order valence-corrected chi connectivity index (χ3v) is 3.38. The zero-order chi connectivity index (χ0) is 13.0. The van der Waals surface area contributed by atoms with Gasteiger partial charge in [-0.15, -0.1) is 6.58 Å². The van der Waals surface area contributed by atoms with Gasteiger partial charge in [-0.25, -0.2) is 0 Å². The number of nitrogens with one attached hydrogen (secondary N) is 1. The summed E-state index contributed by atoms with van der Waals surface area (Å²) >= 11 is 0. The van der Waals surface area contributed by atoms with Gasteiger partial charge in [0.2, 0.25) is 0 Å². The molecule has 0 saturated heterocycles. The Hall–Kier alpha value is -1.12. The minimum Gasteiger partial charge on any atom is -0.387 e. The Morgan fingerprint density at radius 2 is 1.76 bits per heavy atom. The number of hydrogen-bond donors (Lipinski definition) is 2. The molecule has 1 aromatic rings. The van der Waals surface area contributed by atoms with E-state index in [1.165, 1.54) is 22.3 Å². The number of aryl methyl sites for hydroxylation is 2. The van der Waals surface area contributed by atoms with Crippen molar-refractivity contribution in [1.29, 1.82) is 0 Å². The van der Waals surface area contributed by atoms with Crippen LogP contribution in [0.4, 0.5) is 0 Å². The van der Waals surface area contributed by atoms with Crippen LogP contribution in [0.25, 0.3) is 0 Å². The molecule has 1 atom stereocenters. The summed E-state index contributed by atoms with van der Waals surface area (Å²) in [6.07, 6.45) is 1.35. The molecule has 1 rings (SSSR count). The molecule has 0 saturated carbocycles. The molecule has 2 heteroatoms. The first-order chi connectivity index (χ1) is 7.99. The Kier molecular flexibility index (Phi) is 4.91. The van der Waals surface area contributed by atoms with Gasteiger partial charge in [-0.2, -0.15) is 0 Å². The highest BCUT2D eigenvalue weighted by atomic mass is 16.3. The molecular formula is C15H23NO. The molecule has 0 radical (unpaired) electrons. The summed E-state index contributed by atoms with van der Waals surface area (Å²) in [6, 6.07) is 2.18. The van der Waals surface area contributed by atoms with Gasteiger partial charge in [-0.1, -0.05) is 12.1 Å². The zero-order valence-corrected chi connectivity index (χ0v) is 11.3. The highest BCUT2D eigenvalue weighted by Crippen LogP contribution is 2.26. The predicted octanol–water partition coefficient (Wildman–Crippen LogP) is 2.73. The molecule has 0 aromatic heterocycles. The lowest BCUT2D eigenvalue weighted by Gasteiger charge is -2.20. The van der Waals surface area contributed by atoms with E-state index in [2.05, 4.69) is 45.7 Å². The lowest BCUT2D eigenvalue weighted by molar-refractivity contribution is 0.174. The zero-order valence-electron chi connectivity index (χ0n) is 11.3. The summed E-state index contributed by atoms with van der Waals surface area (Å²) in [5, 5.41) is 13.4. The summed E-state index contributed by atoms with van der Waals surface area (Å²) in [6.45, 7) is 13.3. The molecule has 0 bridgehead atoms. The van der Waals surface area contributed by atoms with Crippen LogP contribution < -0.4 is 5.32 Å². The number of aliphatic hydroxyl groups excluding tert-OH is 1. The van der Waals surface area contributed by atoms with Crippen molar-refractivity contribution in [2.45, 2.75) is 33.8 Å². The van der Waals surface area contributed by atoms with E-state index in [1.54, 1.807) is 6.08 Å². The van der Waals surface area contributed by atoms with Crippen LogP contribution in [0.2, 0.25) is 0 Å². The van der Waals surface area contributed by atoms with E-state index in [1.807, 2.05) is 0 Å². The van der Waals surface area contributed by atoms with E-state index in [4.69, 9.17) is 0 Å². The van der Waals surface area contributed by atoms with Crippen LogP contribution in [0.5, 0.6) is 0 Å². The second-order valence-electron chi connectivity index (χ2n) is 4.64. The fourth-order valence-electron chi connectivity index (χ4n) is 2.17. The van der Waals surface area contributed by atoms with E-state index in [-0.39, 0.29) is 0 Å². The SMILES string of the molecule is C=CCNCC(O)c1c(C)c(C)cc(C)c1C. The molecule has 2 nitrogen and oxygen atoms in total. The molecule has 0 heterocycles. The van der Waals surface area contributed by atoms with Gasteiger partial charge in [0.25, 0.3) is 0 Å². The van der Waals surface area contributed by atoms with Crippen LogP contribution in [0.1, 0.15) is 33.9 Å². The summed E-state index contributed by atoms with van der Waals surface area (Å²) in [7, 11) is 0. The van der Waals surface area contributed by atoms with Gasteiger partial charge in [0.1, 0.15) is 0 Å². The largest absolute Gasteiger partial charge is 0.387 e. The topological polar surface area (TPSA) is 32.3 Å². The van der Waals surface area contributed by atoms with Crippen LogP contribution in [0.15, 0.2) is 18.7 Å². The molecule has 0 aliphatic carbocycles. The van der Waals surface area contributed by atoms with E-state index < -0.39 is 6.10 Å². The molecule has 0 aliphatic heterocycles. The number of benzene rings is 1. The molecule has 0 aliphatic rings. The average Bonchev–Trinajstić information content (AvgIpc) is 2.27. The number of rotatable bonds is 5. The van der Waals surface area contributed by atoms with E-state index in [9.17, 15) is 5.11 Å². The molecule has 17 heavy (non-hydrogen) atoms. The minimum atomic E-state index is -0.450. The van der Waals surface area contributed by atoms with Crippen molar-refractivity contribution in [1.82, 2.24) is 5.32 Å². The maximum absolute atomic E-state index is 10.3. The quantitative estimate of drug-likeness (QED) is 0.605. The van der Waals surface area contributed by atoms with E-state index in [0.29, 0.717) is 6.54 Å². The molecular weight excluding hydrogens is 210 g/mol. The smallest absolute Gasteiger partial charge is 0.0919 e. The van der Waals surface area contributed by atoms with Gasteiger partial charge in [0.15, 0.2) is 0 Å². The Bertz CT molecular complexity index is 384. The molecule has 1 unspecified atom stereocenters. The Morgan fingerprint density at radius 1 is 1.24 bits per heavy atom. The molecule has 1 aromatic carbocycles. The Balaban J connectivity index is 2.99. The standard InChI is InChI=1S/C15H23NO/c1-6-7-16-9-14(17)15-12(4)10(2)8-11(3)13(15)5/h6,8,14,16-17H,1,7,9H2,2-5H3. The van der Waals surface area contributed by atoms with Gasteiger partial charge in [0.05, 0.1) is 6.10 Å². The maximum atomic E-state index is 10.3. The van der Waals surface area contributed by atoms with Crippen LogP contribution in [0, 0.1) is 27.7 Å². The first kappa shape index (κ1) is 13.9. The highest BCUT2D eigenvalue weighted by molar-refractivity contribution is 5.45. The molecule has 94 valence electrons. The van der Waals surface area contributed by atoms with Crippen molar-refractivity contribution < 1.29 is 5.11 Å². The van der Waals surface area contributed by atoms with E-state index in [0.717, 1.165) is 12.1 Å². The van der Waals surface area contributed by atoms with Crippen LogP contribution >= 0.6 is 0 Å². The average molecular weight is 233 g/mol. The highest BCUT2D eigenvalue weighted by Gasteiger charge is 2.15. The Morgan fingerprint density at radius 3 is 2.24 bits per heavy atom. The first-order valence-corrected chi connectivity index (χ1v) is 6.06. The van der Waals surface area contributed by atoms with Crippen molar-refractivity contribution in [2.24, 2.45) is 0 Å². The summed E-state index contributed by atoms with van der Waals surface area (Å²) in [4.78, 5) is 0. The van der Waals surface area contributed by atoms with Crippen molar-refractivity contribution >= 4 is 0 Å². The number of aliphatic hydroxyl groups is 1. The van der Waals surface area contributed by atoms with Gasteiger partial charge >= 0.3 is 0 Å². The van der Waals surface area contributed by atoms with Gasteiger partial charge < -0.3 is 10.4 Å². The van der Waals surface area contributed by atoms with Crippen LogP contribution in [-0.4, -0.2) is 18.2 Å². The molecule has 2 N–H and O–H groups in total. The van der Waals surface area contributed by atoms with Gasteiger partial charge in [0, 0.05) is 13.1 Å². The monoisotopic (exact) mass is 233 g/mol. The summed E-state index contributed by atoms with van der Waals surface area (Å²) in [5.41, 5.74) is 5.94. The number of hydrogen-bond acceptors (Lipinski definition) is 2. The van der Waals surface area contributed by atoms with Gasteiger partial charge in [-0.3, -0.25) is 0 Å². The second-order valence-corrected chi connectivity index (χ2v) is 4.64. The van der Waals surface area contributed by atoms with Crippen LogP contribution in [-0.2, 0) is 0 Å². The fourth-order valence-corrected chi connectivity index (χ4v) is 2.17.